The second kappa shape index (κ2) is 5.48. The van der Waals surface area contributed by atoms with Gasteiger partial charge in [-0.15, -0.1) is 0 Å². The van der Waals surface area contributed by atoms with Gasteiger partial charge in [-0.05, 0) is 6.42 Å². The average Bonchev–Trinajstić information content (AvgIpc) is 2.80. The van der Waals surface area contributed by atoms with Gasteiger partial charge in [-0.1, -0.05) is 19.1 Å². The molecule has 0 bridgehead atoms. The second-order valence-corrected chi connectivity index (χ2v) is 4.40. The van der Waals surface area contributed by atoms with Gasteiger partial charge >= 0.3 is 0 Å². The molecule has 1 aliphatic heterocycles. The molecule has 4 heteroatoms. The average molecular weight is 253 g/mol. The Kier molecular flexibility index (Phi) is 3.97. The Bertz CT molecular complexity index is 436. The summed E-state index contributed by atoms with van der Waals surface area (Å²) in [6.45, 7) is 3.09. The van der Waals surface area contributed by atoms with Crippen LogP contribution in [0.5, 0.6) is 5.75 Å². The molecule has 0 amide bonds. The van der Waals surface area contributed by atoms with Crippen LogP contribution in [-0.4, -0.2) is 24.6 Å². The summed E-state index contributed by atoms with van der Waals surface area (Å²) in [6, 6.07) is 2.72. The second-order valence-electron chi connectivity index (χ2n) is 4.40. The summed E-state index contributed by atoms with van der Waals surface area (Å²) in [7, 11) is 1.39. The van der Waals surface area contributed by atoms with Gasteiger partial charge < -0.3 is 4.74 Å². The highest BCUT2D eigenvalue weighted by Gasteiger charge is 2.21. The summed E-state index contributed by atoms with van der Waals surface area (Å²) < 4.78 is 32.5. The zero-order chi connectivity index (χ0) is 13.1. The number of methoxy groups -OCH3 is 1. The molecule has 0 spiro atoms. The fraction of sp³-hybridized carbons (Fsp3) is 0.429. The summed E-state index contributed by atoms with van der Waals surface area (Å²) in [5.41, 5.74) is 0.109. The topological polar surface area (TPSA) is 12.5 Å². The lowest BCUT2D eigenvalue weighted by molar-refractivity contribution is 0.250. The fourth-order valence-electron chi connectivity index (χ4n) is 2.24. The van der Waals surface area contributed by atoms with Crippen LogP contribution in [0.25, 0.3) is 0 Å². The quantitative estimate of drug-likeness (QED) is 0.764. The van der Waals surface area contributed by atoms with Crippen LogP contribution in [0.3, 0.4) is 0 Å². The van der Waals surface area contributed by atoms with E-state index in [1.165, 1.54) is 19.2 Å². The molecule has 18 heavy (non-hydrogen) atoms. The maximum atomic E-state index is 13.8. The Morgan fingerprint density at radius 2 is 2.00 bits per heavy atom. The number of hydrogen-bond donors (Lipinski definition) is 0. The lowest BCUT2D eigenvalue weighted by Crippen LogP contribution is -2.29. The first-order chi connectivity index (χ1) is 8.65. The summed E-state index contributed by atoms with van der Waals surface area (Å²) >= 11 is 0. The zero-order valence-electron chi connectivity index (χ0n) is 10.6. The molecule has 0 saturated heterocycles. The molecule has 2 rings (SSSR count). The van der Waals surface area contributed by atoms with Gasteiger partial charge in [0.25, 0.3) is 0 Å². The molecule has 2 nitrogen and oxygen atoms in total. The molecule has 1 aliphatic rings. The van der Waals surface area contributed by atoms with E-state index < -0.39 is 11.6 Å². The molecule has 0 fully saturated rings. The van der Waals surface area contributed by atoms with Crippen molar-refractivity contribution in [2.75, 3.05) is 13.7 Å². The van der Waals surface area contributed by atoms with E-state index in [9.17, 15) is 8.78 Å². The first kappa shape index (κ1) is 13.0. The van der Waals surface area contributed by atoms with E-state index >= 15 is 0 Å². The fourth-order valence-corrected chi connectivity index (χ4v) is 2.24. The van der Waals surface area contributed by atoms with Crippen molar-refractivity contribution >= 4 is 0 Å². The van der Waals surface area contributed by atoms with Gasteiger partial charge in [0.1, 0.15) is 17.4 Å². The third-order valence-corrected chi connectivity index (χ3v) is 3.30. The standard InChI is InChI=1S/C14H17F2NO/c1-3-10-5-4-6-17(10)9-12-13(15)7-11(18-2)8-14(12)16/h4-5,7-8,10H,3,6,9H2,1-2H3. The monoisotopic (exact) mass is 253 g/mol. The Balaban J connectivity index is 2.19. The van der Waals surface area contributed by atoms with E-state index in [1.54, 1.807) is 0 Å². The normalized spacial score (nSPS) is 19.4. The smallest absolute Gasteiger partial charge is 0.134 e. The Hall–Kier alpha value is -1.42. The summed E-state index contributed by atoms with van der Waals surface area (Å²) in [5, 5.41) is 0. The molecule has 98 valence electrons. The lowest BCUT2D eigenvalue weighted by Gasteiger charge is -2.23. The van der Waals surface area contributed by atoms with Crippen LogP contribution in [0, 0.1) is 11.6 Å². The van der Waals surface area contributed by atoms with Gasteiger partial charge in [-0.3, -0.25) is 4.90 Å². The first-order valence-corrected chi connectivity index (χ1v) is 6.08. The molecule has 0 N–H and O–H groups in total. The van der Waals surface area contributed by atoms with E-state index in [0.717, 1.165) is 13.0 Å². The summed E-state index contributed by atoms with van der Waals surface area (Å²) in [4.78, 5) is 2.05. The number of benzene rings is 1. The van der Waals surface area contributed by atoms with E-state index in [-0.39, 0.29) is 23.9 Å². The molecule has 0 radical (unpaired) electrons. The molecule has 0 aliphatic carbocycles. The van der Waals surface area contributed by atoms with Crippen molar-refractivity contribution in [2.24, 2.45) is 0 Å². The predicted octanol–water partition coefficient (Wildman–Crippen LogP) is 3.12. The van der Waals surface area contributed by atoms with Gasteiger partial charge in [0.05, 0.1) is 7.11 Å². The minimum absolute atomic E-state index is 0.109. The van der Waals surface area contributed by atoms with E-state index in [2.05, 4.69) is 13.0 Å². The van der Waals surface area contributed by atoms with Gasteiger partial charge in [-0.25, -0.2) is 8.78 Å². The molecule has 0 saturated carbocycles. The van der Waals surface area contributed by atoms with Gasteiger partial charge in [0.2, 0.25) is 0 Å². The molecule has 1 aromatic carbocycles. The van der Waals surface area contributed by atoms with Crippen LogP contribution in [0.1, 0.15) is 18.9 Å². The first-order valence-electron chi connectivity index (χ1n) is 6.08. The van der Waals surface area contributed by atoms with Crippen LogP contribution in [0.15, 0.2) is 24.3 Å². The van der Waals surface area contributed by atoms with E-state index in [1.807, 2.05) is 11.0 Å². The van der Waals surface area contributed by atoms with Gasteiger partial charge in [-0.2, -0.15) is 0 Å². The molecular weight excluding hydrogens is 236 g/mol. The molecular formula is C14H17F2NO. The minimum atomic E-state index is -0.548. The van der Waals surface area contributed by atoms with E-state index in [0.29, 0.717) is 0 Å². The number of hydrogen-bond acceptors (Lipinski definition) is 2. The minimum Gasteiger partial charge on any atom is -0.497 e. The van der Waals surface area contributed by atoms with Crippen LogP contribution in [0.4, 0.5) is 8.78 Å². The van der Waals surface area contributed by atoms with Crippen LogP contribution >= 0.6 is 0 Å². The summed E-state index contributed by atoms with van der Waals surface area (Å²) in [5.74, 6) is -0.887. The van der Waals surface area contributed by atoms with Crippen molar-refractivity contribution in [1.82, 2.24) is 4.90 Å². The number of halogens is 2. The summed E-state index contributed by atoms with van der Waals surface area (Å²) in [6.07, 6.45) is 5.06. The van der Waals surface area contributed by atoms with Crippen molar-refractivity contribution in [3.63, 3.8) is 0 Å². The Morgan fingerprint density at radius 1 is 1.33 bits per heavy atom. The SMILES string of the molecule is CCC1C=CCN1Cc1c(F)cc(OC)cc1F. The van der Waals surface area contributed by atoms with E-state index in [4.69, 9.17) is 4.74 Å². The lowest BCUT2D eigenvalue weighted by atomic mass is 10.1. The number of ether oxygens (including phenoxy) is 1. The van der Waals surface area contributed by atoms with Crippen molar-refractivity contribution < 1.29 is 13.5 Å². The highest BCUT2D eigenvalue weighted by atomic mass is 19.1. The van der Waals surface area contributed by atoms with Crippen molar-refractivity contribution in [3.8, 4) is 5.75 Å². The molecule has 1 unspecified atom stereocenters. The van der Waals surface area contributed by atoms with Crippen LogP contribution in [0.2, 0.25) is 0 Å². The predicted molar refractivity (Wildman–Crippen MR) is 66.5 cm³/mol. The number of rotatable bonds is 4. The Morgan fingerprint density at radius 3 is 2.56 bits per heavy atom. The Labute approximate surface area is 106 Å². The number of nitrogens with zero attached hydrogens (tertiary/aromatic N) is 1. The maximum absolute atomic E-state index is 13.8. The highest BCUT2D eigenvalue weighted by molar-refractivity contribution is 5.30. The highest BCUT2D eigenvalue weighted by Crippen LogP contribution is 2.24. The molecule has 1 heterocycles. The molecule has 1 atom stereocenters. The largest absolute Gasteiger partial charge is 0.497 e. The van der Waals surface area contributed by atoms with Gasteiger partial charge in [0.15, 0.2) is 0 Å². The molecule has 1 aromatic rings. The third kappa shape index (κ3) is 2.53. The van der Waals surface area contributed by atoms with Crippen LogP contribution < -0.4 is 4.74 Å². The zero-order valence-corrected chi connectivity index (χ0v) is 10.6. The third-order valence-electron chi connectivity index (χ3n) is 3.30. The van der Waals surface area contributed by atoms with Crippen molar-refractivity contribution in [1.29, 1.82) is 0 Å². The van der Waals surface area contributed by atoms with Crippen LogP contribution in [-0.2, 0) is 6.54 Å². The van der Waals surface area contributed by atoms with Crippen molar-refractivity contribution in [2.45, 2.75) is 25.9 Å². The van der Waals surface area contributed by atoms with Gasteiger partial charge in [0, 0.05) is 36.8 Å². The van der Waals surface area contributed by atoms with Crippen molar-refractivity contribution in [3.05, 3.63) is 41.5 Å². The maximum Gasteiger partial charge on any atom is 0.134 e. The molecule has 0 aromatic heterocycles.